The summed E-state index contributed by atoms with van der Waals surface area (Å²) in [6, 6.07) is 6.49. The topological polar surface area (TPSA) is 63.7 Å². The molecule has 1 fully saturated rings. The van der Waals surface area contributed by atoms with Crippen molar-refractivity contribution in [1.29, 1.82) is 0 Å². The number of aryl methyl sites for hydroxylation is 1. The monoisotopic (exact) mass is 309 g/mol. The zero-order valence-electron chi connectivity index (χ0n) is 12.2. The lowest BCUT2D eigenvalue weighted by Crippen LogP contribution is -2.34. The van der Waals surface area contributed by atoms with Crippen LogP contribution >= 0.6 is 0 Å². The second-order valence-electron chi connectivity index (χ2n) is 5.02. The first-order chi connectivity index (χ1) is 9.95. The Balaban J connectivity index is 2.24. The minimum atomic E-state index is -3.53. The molecule has 1 saturated heterocycles. The van der Waals surface area contributed by atoms with E-state index in [9.17, 15) is 13.2 Å². The van der Waals surface area contributed by atoms with Crippen LogP contribution in [0, 0.1) is 6.92 Å². The summed E-state index contributed by atoms with van der Waals surface area (Å²) in [4.78, 5) is 11.4. The lowest BCUT2D eigenvalue weighted by molar-refractivity contribution is -0.134. The van der Waals surface area contributed by atoms with Crippen molar-refractivity contribution in [2.24, 2.45) is 0 Å². The SMILES string of the molecule is COC(=O)/C=C\[C@@H]1CCCN1S(=O)(=O)c1ccc(C)cc1. The highest BCUT2D eigenvalue weighted by atomic mass is 32.2. The molecule has 1 heterocycles. The van der Waals surface area contributed by atoms with Crippen LogP contribution in [0.2, 0.25) is 0 Å². The molecule has 0 bridgehead atoms. The molecule has 0 N–H and O–H groups in total. The average molecular weight is 309 g/mol. The largest absolute Gasteiger partial charge is 0.466 e. The van der Waals surface area contributed by atoms with E-state index in [-0.39, 0.29) is 10.9 Å². The van der Waals surface area contributed by atoms with Gasteiger partial charge in [-0.25, -0.2) is 13.2 Å². The third-order valence-corrected chi connectivity index (χ3v) is 5.47. The van der Waals surface area contributed by atoms with Crippen LogP contribution in [-0.2, 0) is 19.6 Å². The van der Waals surface area contributed by atoms with Gasteiger partial charge < -0.3 is 4.74 Å². The Bertz CT molecular complexity index is 634. The van der Waals surface area contributed by atoms with E-state index in [0.29, 0.717) is 13.0 Å². The van der Waals surface area contributed by atoms with E-state index in [1.807, 2.05) is 6.92 Å². The molecule has 21 heavy (non-hydrogen) atoms. The van der Waals surface area contributed by atoms with E-state index in [2.05, 4.69) is 4.74 Å². The van der Waals surface area contributed by atoms with Gasteiger partial charge in [-0.2, -0.15) is 4.31 Å². The van der Waals surface area contributed by atoms with Crippen molar-refractivity contribution in [3.63, 3.8) is 0 Å². The predicted molar refractivity (Wildman–Crippen MR) is 79.2 cm³/mol. The summed E-state index contributed by atoms with van der Waals surface area (Å²) < 4.78 is 31.3. The van der Waals surface area contributed by atoms with Gasteiger partial charge in [-0.05, 0) is 31.9 Å². The van der Waals surface area contributed by atoms with Crippen molar-refractivity contribution in [2.45, 2.75) is 30.7 Å². The first kappa shape index (κ1) is 15.7. The van der Waals surface area contributed by atoms with E-state index in [1.165, 1.54) is 17.5 Å². The number of nitrogens with zero attached hydrogens (tertiary/aromatic N) is 1. The van der Waals surface area contributed by atoms with Crippen LogP contribution in [0.1, 0.15) is 18.4 Å². The molecule has 1 atom stereocenters. The normalized spacial score (nSPS) is 20.0. The molecule has 1 aromatic carbocycles. The summed E-state index contributed by atoms with van der Waals surface area (Å²) in [6.07, 6.45) is 4.37. The van der Waals surface area contributed by atoms with Crippen LogP contribution in [0.4, 0.5) is 0 Å². The molecular formula is C15H19NO4S. The second kappa shape index (κ2) is 6.41. The first-order valence-corrected chi connectivity index (χ1v) is 8.24. The quantitative estimate of drug-likeness (QED) is 0.629. The molecule has 1 aliphatic rings. The Morgan fingerprint density at radius 2 is 2.00 bits per heavy atom. The summed E-state index contributed by atoms with van der Waals surface area (Å²) in [5.74, 6) is -0.477. The number of ether oxygens (including phenoxy) is 1. The maximum atomic E-state index is 12.6. The standard InChI is InChI=1S/C15H19NO4S/c1-12-5-8-14(9-6-12)21(18,19)16-11-3-4-13(16)7-10-15(17)20-2/h5-10,13H,3-4,11H2,1-2H3/b10-7-/t13-/m0/s1. The maximum absolute atomic E-state index is 12.6. The Morgan fingerprint density at radius 1 is 1.33 bits per heavy atom. The van der Waals surface area contributed by atoms with Gasteiger partial charge in [0.05, 0.1) is 12.0 Å². The summed E-state index contributed by atoms with van der Waals surface area (Å²) >= 11 is 0. The molecule has 1 aromatic rings. The van der Waals surface area contributed by atoms with Gasteiger partial charge in [0.1, 0.15) is 0 Å². The van der Waals surface area contributed by atoms with Crippen molar-refractivity contribution >= 4 is 16.0 Å². The highest BCUT2D eigenvalue weighted by molar-refractivity contribution is 7.89. The predicted octanol–water partition coefficient (Wildman–Crippen LogP) is 1.88. The summed E-state index contributed by atoms with van der Waals surface area (Å²) in [5, 5.41) is 0. The van der Waals surface area contributed by atoms with Crippen molar-refractivity contribution in [3.05, 3.63) is 42.0 Å². The van der Waals surface area contributed by atoms with Crippen LogP contribution in [0.5, 0.6) is 0 Å². The van der Waals surface area contributed by atoms with Gasteiger partial charge in [0.15, 0.2) is 0 Å². The van der Waals surface area contributed by atoms with Crippen LogP contribution in [0.25, 0.3) is 0 Å². The molecule has 0 aliphatic carbocycles. The lowest BCUT2D eigenvalue weighted by atomic mass is 10.2. The Hall–Kier alpha value is -1.66. The average Bonchev–Trinajstić information content (AvgIpc) is 2.94. The fourth-order valence-corrected chi connectivity index (χ4v) is 4.01. The van der Waals surface area contributed by atoms with Crippen LogP contribution in [0.15, 0.2) is 41.3 Å². The number of carbonyl (C=O) groups excluding carboxylic acids is 1. The van der Waals surface area contributed by atoms with Crippen LogP contribution in [-0.4, -0.2) is 38.4 Å². The second-order valence-corrected chi connectivity index (χ2v) is 6.91. The number of methoxy groups -OCH3 is 1. The van der Waals surface area contributed by atoms with Crippen molar-refractivity contribution in [1.82, 2.24) is 4.31 Å². The number of benzene rings is 1. The van der Waals surface area contributed by atoms with Gasteiger partial charge in [-0.15, -0.1) is 0 Å². The molecule has 0 saturated carbocycles. The molecule has 0 radical (unpaired) electrons. The van der Waals surface area contributed by atoms with Gasteiger partial charge in [0, 0.05) is 18.7 Å². The minimum absolute atomic E-state index is 0.284. The smallest absolute Gasteiger partial charge is 0.330 e. The van der Waals surface area contributed by atoms with E-state index in [4.69, 9.17) is 0 Å². The molecule has 0 aromatic heterocycles. The number of hydrogen-bond donors (Lipinski definition) is 0. The van der Waals surface area contributed by atoms with E-state index < -0.39 is 16.0 Å². The van der Waals surface area contributed by atoms with Crippen LogP contribution in [0.3, 0.4) is 0 Å². The highest BCUT2D eigenvalue weighted by Crippen LogP contribution is 2.26. The molecule has 5 nitrogen and oxygen atoms in total. The number of esters is 1. The van der Waals surface area contributed by atoms with Crippen molar-refractivity contribution in [2.75, 3.05) is 13.7 Å². The molecule has 1 aliphatic heterocycles. The van der Waals surface area contributed by atoms with Crippen LogP contribution < -0.4 is 0 Å². The lowest BCUT2D eigenvalue weighted by Gasteiger charge is -2.21. The number of hydrogen-bond acceptors (Lipinski definition) is 4. The Labute approximate surface area is 125 Å². The zero-order chi connectivity index (χ0) is 15.5. The van der Waals surface area contributed by atoms with E-state index >= 15 is 0 Å². The van der Waals surface area contributed by atoms with E-state index in [1.54, 1.807) is 30.3 Å². The Kier molecular flexibility index (Phi) is 4.80. The van der Waals surface area contributed by atoms with Gasteiger partial charge >= 0.3 is 5.97 Å². The number of carbonyl (C=O) groups is 1. The third kappa shape index (κ3) is 3.51. The van der Waals surface area contributed by atoms with E-state index in [0.717, 1.165) is 12.0 Å². The fraction of sp³-hybridized carbons (Fsp3) is 0.400. The number of sulfonamides is 1. The molecule has 2 rings (SSSR count). The van der Waals surface area contributed by atoms with Gasteiger partial charge in [0.2, 0.25) is 10.0 Å². The molecule has 0 spiro atoms. The molecule has 114 valence electrons. The first-order valence-electron chi connectivity index (χ1n) is 6.80. The van der Waals surface area contributed by atoms with Gasteiger partial charge in [-0.1, -0.05) is 23.8 Å². The minimum Gasteiger partial charge on any atom is -0.466 e. The maximum Gasteiger partial charge on any atom is 0.330 e. The number of rotatable bonds is 4. The molecular weight excluding hydrogens is 290 g/mol. The van der Waals surface area contributed by atoms with Crippen molar-refractivity contribution < 1.29 is 17.9 Å². The summed E-state index contributed by atoms with van der Waals surface area (Å²) in [6.45, 7) is 2.38. The zero-order valence-corrected chi connectivity index (χ0v) is 13.0. The van der Waals surface area contributed by atoms with Crippen molar-refractivity contribution in [3.8, 4) is 0 Å². The third-order valence-electron chi connectivity index (χ3n) is 3.53. The van der Waals surface area contributed by atoms with Gasteiger partial charge in [0.25, 0.3) is 0 Å². The summed E-state index contributed by atoms with van der Waals surface area (Å²) in [7, 11) is -2.24. The molecule has 6 heteroatoms. The highest BCUT2D eigenvalue weighted by Gasteiger charge is 2.33. The fourth-order valence-electron chi connectivity index (χ4n) is 2.36. The Morgan fingerprint density at radius 3 is 2.62 bits per heavy atom. The molecule has 0 unspecified atom stereocenters. The summed E-state index contributed by atoms with van der Waals surface area (Å²) in [5.41, 5.74) is 1.01. The molecule has 0 amide bonds. The van der Waals surface area contributed by atoms with Gasteiger partial charge in [-0.3, -0.25) is 0 Å².